The topological polar surface area (TPSA) is 40.5 Å². The van der Waals surface area contributed by atoms with Crippen LogP contribution in [0, 0.1) is 50.9 Å². The summed E-state index contributed by atoms with van der Waals surface area (Å²) in [6.45, 7) is 13.0. The fraction of sp³-hybridized carbons (Fsp3) is 0.538. The standard InChI is InChI=1S/C26H34O2/c1-14-9-16(3)24(27)20(11-14)23(21-12-15(2)10-17(4)25(21)28)19-8-7-18-13-22(19)26(18,5)6/h9-12,18-19,22-23,27-28H,7-8,13H2,1-6H3. The second-order valence-electron chi connectivity index (χ2n) is 10.1. The number of benzene rings is 2. The van der Waals surface area contributed by atoms with Gasteiger partial charge in [0.2, 0.25) is 0 Å². The molecule has 3 fully saturated rings. The van der Waals surface area contributed by atoms with Crippen LogP contribution in [0.3, 0.4) is 0 Å². The van der Waals surface area contributed by atoms with Crippen LogP contribution in [0.2, 0.25) is 0 Å². The summed E-state index contributed by atoms with van der Waals surface area (Å²) in [7, 11) is 0. The summed E-state index contributed by atoms with van der Waals surface area (Å²) in [5.41, 5.74) is 6.51. The van der Waals surface area contributed by atoms with E-state index in [1.807, 2.05) is 26.0 Å². The monoisotopic (exact) mass is 378 g/mol. The largest absolute Gasteiger partial charge is 0.507 e. The van der Waals surface area contributed by atoms with Crippen LogP contribution in [-0.4, -0.2) is 10.2 Å². The Hall–Kier alpha value is -1.96. The summed E-state index contributed by atoms with van der Waals surface area (Å²) in [5, 5.41) is 22.1. The second-order valence-corrected chi connectivity index (χ2v) is 10.1. The van der Waals surface area contributed by atoms with E-state index in [2.05, 4.69) is 39.8 Å². The van der Waals surface area contributed by atoms with Crippen molar-refractivity contribution in [2.75, 3.05) is 0 Å². The molecule has 0 saturated heterocycles. The molecular weight excluding hydrogens is 344 g/mol. The Balaban J connectivity index is 1.93. The van der Waals surface area contributed by atoms with Crippen LogP contribution >= 0.6 is 0 Å². The predicted molar refractivity (Wildman–Crippen MR) is 115 cm³/mol. The molecule has 2 bridgehead atoms. The summed E-state index contributed by atoms with van der Waals surface area (Å²) in [4.78, 5) is 0. The Labute approximate surface area is 169 Å². The van der Waals surface area contributed by atoms with E-state index in [0.29, 0.717) is 28.7 Å². The van der Waals surface area contributed by atoms with E-state index in [-0.39, 0.29) is 5.92 Å². The number of aromatic hydroxyl groups is 2. The second kappa shape index (κ2) is 6.54. The minimum absolute atomic E-state index is 0.0303. The van der Waals surface area contributed by atoms with E-state index in [9.17, 15) is 10.2 Å². The van der Waals surface area contributed by atoms with Crippen LogP contribution in [0.5, 0.6) is 11.5 Å². The Morgan fingerprint density at radius 2 is 1.32 bits per heavy atom. The third kappa shape index (κ3) is 2.84. The van der Waals surface area contributed by atoms with E-state index < -0.39 is 0 Å². The summed E-state index contributed by atoms with van der Waals surface area (Å²) in [6.07, 6.45) is 3.70. The molecule has 3 aliphatic carbocycles. The smallest absolute Gasteiger partial charge is 0.122 e. The highest BCUT2D eigenvalue weighted by Crippen LogP contribution is 2.65. The van der Waals surface area contributed by atoms with Crippen LogP contribution < -0.4 is 0 Å². The zero-order valence-electron chi connectivity index (χ0n) is 18.1. The Kier molecular flexibility index (Phi) is 4.52. The first-order valence-corrected chi connectivity index (χ1v) is 10.7. The maximum absolute atomic E-state index is 11.1. The minimum atomic E-state index is 0.0303. The maximum Gasteiger partial charge on any atom is 0.122 e. The Bertz CT molecular complexity index is 865. The van der Waals surface area contributed by atoms with Gasteiger partial charge in [-0.1, -0.05) is 49.2 Å². The molecule has 2 heteroatoms. The van der Waals surface area contributed by atoms with Gasteiger partial charge in [-0.3, -0.25) is 0 Å². The average Bonchev–Trinajstić information content (AvgIpc) is 2.63. The van der Waals surface area contributed by atoms with Crippen LogP contribution in [-0.2, 0) is 0 Å². The molecule has 3 aliphatic rings. The highest BCUT2D eigenvalue weighted by Gasteiger charge is 2.56. The van der Waals surface area contributed by atoms with Gasteiger partial charge in [-0.25, -0.2) is 0 Å². The van der Waals surface area contributed by atoms with Crippen molar-refractivity contribution in [3.63, 3.8) is 0 Å². The fourth-order valence-electron chi connectivity index (χ4n) is 6.36. The summed E-state index contributed by atoms with van der Waals surface area (Å²) >= 11 is 0. The third-order valence-corrected chi connectivity index (χ3v) is 7.96. The highest BCUT2D eigenvalue weighted by atomic mass is 16.3. The van der Waals surface area contributed by atoms with Crippen molar-refractivity contribution in [3.8, 4) is 11.5 Å². The Morgan fingerprint density at radius 3 is 1.75 bits per heavy atom. The molecule has 2 aromatic carbocycles. The van der Waals surface area contributed by atoms with Crippen LogP contribution in [0.15, 0.2) is 24.3 Å². The molecule has 0 spiro atoms. The van der Waals surface area contributed by atoms with Gasteiger partial charge >= 0.3 is 0 Å². The van der Waals surface area contributed by atoms with Gasteiger partial charge in [-0.15, -0.1) is 0 Å². The number of aryl methyl sites for hydroxylation is 4. The van der Waals surface area contributed by atoms with Crippen LogP contribution in [0.1, 0.15) is 72.4 Å². The number of phenolic OH excluding ortho intramolecular Hbond substituents is 2. The van der Waals surface area contributed by atoms with E-state index in [4.69, 9.17) is 0 Å². The van der Waals surface area contributed by atoms with Gasteiger partial charge in [0.1, 0.15) is 11.5 Å². The lowest BCUT2D eigenvalue weighted by molar-refractivity contribution is -0.109. The molecule has 2 nitrogen and oxygen atoms in total. The number of hydrogen-bond acceptors (Lipinski definition) is 2. The zero-order valence-corrected chi connectivity index (χ0v) is 18.1. The van der Waals surface area contributed by atoms with Crippen molar-refractivity contribution >= 4 is 0 Å². The van der Waals surface area contributed by atoms with Gasteiger partial charge < -0.3 is 10.2 Å². The van der Waals surface area contributed by atoms with Crippen molar-refractivity contribution in [2.45, 2.75) is 66.7 Å². The number of rotatable bonds is 3. The lowest BCUT2D eigenvalue weighted by atomic mass is 9.43. The molecule has 0 radical (unpaired) electrons. The van der Waals surface area contributed by atoms with Crippen molar-refractivity contribution in [1.82, 2.24) is 0 Å². The molecule has 28 heavy (non-hydrogen) atoms. The van der Waals surface area contributed by atoms with Gasteiger partial charge in [-0.05, 0) is 81.3 Å². The first kappa shape index (κ1) is 19.4. The highest BCUT2D eigenvalue weighted by molar-refractivity contribution is 5.54. The van der Waals surface area contributed by atoms with Gasteiger partial charge in [0.05, 0.1) is 0 Å². The summed E-state index contributed by atoms with van der Waals surface area (Å²) in [6, 6.07) is 8.37. The quantitative estimate of drug-likeness (QED) is 0.637. The lowest BCUT2D eigenvalue weighted by Crippen LogP contribution is -2.53. The predicted octanol–water partition coefficient (Wildman–Crippen LogP) is 6.54. The Morgan fingerprint density at radius 1 is 0.821 bits per heavy atom. The normalized spacial score (nSPS) is 25.6. The molecular formula is C26H34O2. The van der Waals surface area contributed by atoms with Crippen molar-refractivity contribution < 1.29 is 10.2 Å². The number of phenols is 2. The molecule has 3 atom stereocenters. The van der Waals surface area contributed by atoms with Crippen LogP contribution in [0.4, 0.5) is 0 Å². The first-order chi connectivity index (χ1) is 13.1. The van der Waals surface area contributed by atoms with Gasteiger partial charge in [0.15, 0.2) is 0 Å². The molecule has 3 unspecified atom stereocenters. The SMILES string of the molecule is Cc1cc(C)c(O)c(C(c2cc(C)cc(C)c2O)C2CCC3CC2C3(C)C)c1. The molecule has 3 saturated carbocycles. The van der Waals surface area contributed by atoms with Crippen molar-refractivity contribution in [3.05, 3.63) is 57.6 Å². The van der Waals surface area contributed by atoms with Gasteiger partial charge in [-0.2, -0.15) is 0 Å². The average molecular weight is 379 g/mol. The molecule has 0 aromatic heterocycles. The lowest BCUT2D eigenvalue weighted by Gasteiger charge is -2.61. The molecule has 0 amide bonds. The number of fused-ring (bicyclic) bond motifs is 2. The molecule has 0 heterocycles. The third-order valence-electron chi connectivity index (χ3n) is 7.96. The molecule has 2 N–H and O–H groups in total. The summed E-state index contributed by atoms with van der Waals surface area (Å²) in [5.74, 6) is 2.73. The van der Waals surface area contributed by atoms with Crippen LogP contribution in [0.25, 0.3) is 0 Å². The first-order valence-electron chi connectivity index (χ1n) is 10.7. The molecule has 150 valence electrons. The summed E-state index contributed by atoms with van der Waals surface area (Å²) < 4.78 is 0. The molecule has 0 aliphatic heterocycles. The minimum Gasteiger partial charge on any atom is -0.507 e. The zero-order chi connectivity index (χ0) is 20.4. The van der Waals surface area contributed by atoms with Crippen molar-refractivity contribution in [2.24, 2.45) is 23.2 Å². The van der Waals surface area contributed by atoms with Crippen molar-refractivity contribution in [1.29, 1.82) is 0 Å². The molecule has 2 aromatic rings. The molecule has 5 rings (SSSR count). The van der Waals surface area contributed by atoms with E-state index >= 15 is 0 Å². The van der Waals surface area contributed by atoms with E-state index in [1.165, 1.54) is 30.4 Å². The van der Waals surface area contributed by atoms with Gasteiger partial charge in [0, 0.05) is 17.0 Å². The number of hydrogen-bond donors (Lipinski definition) is 2. The maximum atomic E-state index is 11.1. The van der Waals surface area contributed by atoms with E-state index in [1.54, 1.807) is 0 Å². The fourth-order valence-corrected chi connectivity index (χ4v) is 6.36. The van der Waals surface area contributed by atoms with E-state index in [0.717, 1.165) is 28.2 Å². The van der Waals surface area contributed by atoms with Gasteiger partial charge in [0.25, 0.3) is 0 Å².